The second kappa shape index (κ2) is 6.85. The van der Waals surface area contributed by atoms with E-state index in [1.807, 2.05) is 19.1 Å². The molecule has 0 spiro atoms. The minimum absolute atomic E-state index is 0.397. The number of thioether (sulfide) groups is 1. The second-order valence-corrected chi connectivity index (χ2v) is 4.27. The molecule has 4 nitrogen and oxygen atoms in total. The molecule has 1 rings (SSSR count). The van der Waals surface area contributed by atoms with Gasteiger partial charge in [0.1, 0.15) is 11.8 Å². The molecule has 0 unspecified atom stereocenters. The van der Waals surface area contributed by atoms with Crippen molar-refractivity contribution in [1.82, 2.24) is 9.97 Å². The third-order valence-corrected chi connectivity index (χ3v) is 2.70. The van der Waals surface area contributed by atoms with Crippen molar-refractivity contribution in [2.24, 2.45) is 0 Å². The minimum atomic E-state index is 0.397. The number of hydrogen-bond donors (Lipinski definition) is 1. The molecule has 1 aromatic rings. The Morgan fingerprint density at radius 3 is 3.12 bits per heavy atom. The maximum Gasteiger partial charge on any atom is 0.224 e. The second-order valence-electron chi connectivity index (χ2n) is 3.12. The highest BCUT2D eigenvalue weighted by atomic mass is 32.2. The van der Waals surface area contributed by atoms with Crippen LogP contribution in [0.3, 0.4) is 0 Å². The highest BCUT2D eigenvalue weighted by Crippen LogP contribution is 2.04. The summed E-state index contributed by atoms with van der Waals surface area (Å²) in [5, 5.41) is 11.8. The van der Waals surface area contributed by atoms with Gasteiger partial charge < -0.3 is 5.32 Å². The Hall–Kier alpha value is -1.54. The molecule has 1 heterocycles. The lowest BCUT2D eigenvalue weighted by atomic mass is 10.3. The SMILES string of the molecule is C=CCSCCNc1nc(C)cc(C#N)n1. The molecule has 1 aromatic heterocycles. The first-order chi connectivity index (χ1) is 7.76. The van der Waals surface area contributed by atoms with Crippen molar-refractivity contribution in [2.75, 3.05) is 23.4 Å². The third-order valence-electron chi connectivity index (χ3n) is 1.73. The van der Waals surface area contributed by atoms with Gasteiger partial charge in [-0.25, -0.2) is 9.97 Å². The molecule has 0 fully saturated rings. The normalized spacial score (nSPS) is 9.50. The number of nitrogens with zero attached hydrogens (tertiary/aromatic N) is 3. The van der Waals surface area contributed by atoms with Gasteiger partial charge in [-0.05, 0) is 13.0 Å². The molecule has 0 saturated carbocycles. The molecule has 0 aliphatic carbocycles. The van der Waals surface area contributed by atoms with Gasteiger partial charge in [-0.2, -0.15) is 17.0 Å². The molecule has 0 aliphatic heterocycles. The summed E-state index contributed by atoms with van der Waals surface area (Å²) in [6, 6.07) is 3.67. The molecule has 84 valence electrons. The van der Waals surface area contributed by atoms with E-state index in [9.17, 15) is 0 Å². The van der Waals surface area contributed by atoms with Crippen molar-refractivity contribution in [3.05, 3.63) is 30.1 Å². The Morgan fingerprint density at radius 2 is 2.44 bits per heavy atom. The Balaban J connectivity index is 2.45. The predicted octanol–water partition coefficient (Wildman–Crippen LogP) is 1.99. The zero-order chi connectivity index (χ0) is 11.8. The van der Waals surface area contributed by atoms with Crippen LogP contribution >= 0.6 is 11.8 Å². The molecule has 0 saturated heterocycles. The van der Waals surface area contributed by atoms with Crippen LogP contribution in [0.25, 0.3) is 0 Å². The zero-order valence-corrected chi connectivity index (χ0v) is 10.0. The fourth-order valence-electron chi connectivity index (χ4n) is 1.11. The predicted molar refractivity (Wildman–Crippen MR) is 67.5 cm³/mol. The van der Waals surface area contributed by atoms with Crippen molar-refractivity contribution in [1.29, 1.82) is 5.26 Å². The largest absolute Gasteiger partial charge is 0.353 e. The minimum Gasteiger partial charge on any atom is -0.353 e. The van der Waals surface area contributed by atoms with Crippen molar-refractivity contribution < 1.29 is 0 Å². The summed E-state index contributed by atoms with van der Waals surface area (Å²) in [6.45, 7) is 6.28. The highest BCUT2D eigenvalue weighted by molar-refractivity contribution is 7.99. The Bertz CT molecular complexity index is 397. The van der Waals surface area contributed by atoms with Crippen LogP contribution in [-0.2, 0) is 0 Å². The summed E-state index contributed by atoms with van der Waals surface area (Å²) in [6.07, 6.45) is 1.88. The molecule has 5 heteroatoms. The van der Waals surface area contributed by atoms with Crippen molar-refractivity contribution in [3.63, 3.8) is 0 Å². The Labute approximate surface area is 99.8 Å². The van der Waals surface area contributed by atoms with Gasteiger partial charge >= 0.3 is 0 Å². The molecule has 0 atom stereocenters. The van der Waals surface area contributed by atoms with E-state index in [2.05, 4.69) is 21.9 Å². The summed E-state index contributed by atoms with van der Waals surface area (Å²) < 4.78 is 0. The number of aromatic nitrogens is 2. The van der Waals surface area contributed by atoms with E-state index in [-0.39, 0.29) is 0 Å². The van der Waals surface area contributed by atoms with Gasteiger partial charge in [0.2, 0.25) is 5.95 Å². The Morgan fingerprint density at radius 1 is 1.62 bits per heavy atom. The first-order valence-corrected chi connectivity index (χ1v) is 6.10. The summed E-state index contributed by atoms with van der Waals surface area (Å²) in [4.78, 5) is 8.25. The number of nitriles is 1. The van der Waals surface area contributed by atoms with Gasteiger partial charge in [0.05, 0.1) is 0 Å². The Kier molecular flexibility index (Phi) is 5.37. The van der Waals surface area contributed by atoms with Crippen LogP contribution in [-0.4, -0.2) is 28.0 Å². The molecule has 0 bridgehead atoms. The van der Waals surface area contributed by atoms with Gasteiger partial charge in [0.25, 0.3) is 0 Å². The monoisotopic (exact) mass is 234 g/mol. The number of aryl methyl sites for hydroxylation is 1. The van der Waals surface area contributed by atoms with Crippen LogP contribution in [0.15, 0.2) is 18.7 Å². The maximum absolute atomic E-state index is 8.74. The van der Waals surface area contributed by atoms with Gasteiger partial charge in [-0.1, -0.05) is 6.08 Å². The molecule has 0 aromatic carbocycles. The quantitative estimate of drug-likeness (QED) is 0.602. The van der Waals surface area contributed by atoms with Crippen LogP contribution in [0, 0.1) is 18.3 Å². The lowest BCUT2D eigenvalue weighted by Gasteiger charge is -2.04. The van der Waals surface area contributed by atoms with E-state index in [0.29, 0.717) is 11.6 Å². The fourth-order valence-corrected chi connectivity index (χ4v) is 1.69. The molecular formula is C11H14N4S. The van der Waals surface area contributed by atoms with E-state index in [4.69, 9.17) is 5.26 Å². The van der Waals surface area contributed by atoms with Crippen LogP contribution in [0.4, 0.5) is 5.95 Å². The van der Waals surface area contributed by atoms with E-state index < -0.39 is 0 Å². The average molecular weight is 234 g/mol. The maximum atomic E-state index is 8.74. The smallest absolute Gasteiger partial charge is 0.224 e. The molecule has 16 heavy (non-hydrogen) atoms. The van der Waals surface area contributed by atoms with Crippen molar-refractivity contribution >= 4 is 17.7 Å². The fraction of sp³-hybridized carbons (Fsp3) is 0.364. The lowest BCUT2D eigenvalue weighted by Crippen LogP contribution is -2.09. The summed E-state index contributed by atoms with van der Waals surface area (Å²) in [5.41, 5.74) is 1.20. The third kappa shape index (κ3) is 4.32. The summed E-state index contributed by atoms with van der Waals surface area (Å²) >= 11 is 1.79. The summed E-state index contributed by atoms with van der Waals surface area (Å²) in [5.74, 6) is 2.43. The number of anilines is 1. The van der Waals surface area contributed by atoms with Crippen molar-refractivity contribution in [3.8, 4) is 6.07 Å². The molecule has 0 amide bonds. The first kappa shape index (κ1) is 12.5. The van der Waals surface area contributed by atoms with Crippen molar-refractivity contribution in [2.45, 2.75) is 6.92 Å². The van der Waals surface area contributed by atoms with Gasteiger partial charge in [0.15, 0.2) is 0 Å². The zero-order valence-electron chi connectivity index (χ0n) is 9.23. The molecular weight excluding hydrogens is 220 g/mol. The van der Waals surface area contributed by atoms with Crippen LogP contribution in [0.5, 0.6) is 0 Å². The van der Waals surface area contributed by atoms with E-state index in [1.165, 1.54) is 0 Å². The first-order valence-electron chi connectivity index (χ1n) is 4.94. The van der Waals surface area contributed by atoms with Crippen LogP contribution < -0.4 is 5.32 Å². The number of nitrogens with one attached hydrogen (secondary N) is 1. The number of hydrogen-bond acceptors (Lipinski definition) is 5. The lowest BCUT2D eigenvalue weighted by molar-refractivity contribution is 1.04. The standard InChI is InChI=1S/C11H14N4S/c1-3-5-16-6-4-13-11-14-9(2)7-10(8-12)15-11/h3,7H,1,4-6H2,2H3,(H,13,14,15). The molecule has 1 N–H and O–H groups in total. The number of rotatable bonds is 6. The van der Waals surface area contributed by atoms with E-state index in [1.54, 1.807) is 17.8 Å². The van der Waals surface area contributed by atoms with Gasteiger partial charge in [0, 0.05) is 23.7 Å². The van der Waals surface area contributed by atoms with Crippen LogP contribution in [0.2, 0.25) is 0 Å². The highest BCUT2D eigenvalue weighted by Gasteiger charge is 2.00. The topological polar surface area (TPSA) is 61.6 Å². The van der Waals surface area contributed by atoms with Gasteiger partial charge in [-0.3, -0.25) is 0 Å². The molecule has 0 aliphatic rings. The average Bonchev–Trinajstić information content (AvgIpc) is 2.28. The molecule has 0 radical (unpaired) electrons. The van der Waals surface area contributed by atoms with E-state index >= 15 is 0 Å². The van der Waals surface area contributed by atoms with Gasteiger partial charge in [-0.15, -0.1) is 6.58 Å². The summed E-state index contributed by atoms with van der Waals surface area (Å²) in [7, 11) is 0. The van der Waals surface area contributed by atoms with Crippen LogP contribution in [0.1, 0.15) is 11.4 Å². The van der Waals surface area contributed by atoms with E-state index in [0.717, 1.165) is 23.7 Å².